The van der Waals surface area contributed by atoms with Crippen LogP contribution in [0.2, 0.25) is 0 Å². The lowest BCUT2D eigenvalue weighted by atomic mass is 9.86. The van der Waals surface area contributed by atoms with Crippen molar-refractivity contribution < 1.29 is 4.79 Å². The zero-order valence-corrected chi connectivity index (χ0v) is 11.7. The molecule has 2 rings (SSSR count). The standard InChI is InChI=1S/C17H19NO/c1-17(2,3)14-9-7-13(8-10-14)16(19)12-15-6-4-5-11-18-15/h4-11H,12H2,1-3H3. The minimum atomic E-state index is 0.110. The molecule has 2 nitrogen and oxygen atoms in total. The number of rotatable bonds is 3. The molecule has 0 spiro atoms. The molecule has 0 radical (unpaired) electrons. The van der Waals surface area contributed by atoms with E-state index in [1.807, 2.05) is 42.5 Å². The van der Waals surface area contributed by atoms with Gasteiger partial charge >= 0.3 is 0 Å². The maximum Gasteiger partial charge on any atom is 0.168 e. The second kappa shape index (κ2) is 5.35. The Balaban J connectivity index is 2.12. The van der Waals surface area contributed by atoms with Gasteiger partial charge in [0.2, 0.25) is 0 Å². The van der Waals surface area contributed by atoms with E-state index in [4.69, 9.17) is 0 Å². The molecule has 0 saturated heterocycles. The third-order valence-electron chi connectivity index (χ3n) is 3.14. The number of aromatic nitrogens is 1. The Morgan fingerprint density at radius 2 is 1.74 bits per heavy atom. The van der Waals surface area contributed by atoms with Crippen LogP contribution in [0, 0.1) is 0 Å². The molecule has 0 aliphatic rings. The van der Waals surface area contributed by atoms with Gasteiger partial charge in [-0.3, -0.25) is 9.78 Å². The lowest BCUT2D eigenvalue weighted by molar-refractivity contribution is 0.0992. The largest absolute Gasteiger partial charge is 0.294 e. The van der Waals surface area contributed by atoms with E-state index in [2.05, 4.69) is 25.8 Å². The first-order valence-corrected chi connectivity index (χ1v) is 6.50. The molecule has 0 saturated carbocycles. The van der Waals surface area contributed by atoms with Crippen LogP contribution in [0.3, 0.4) is 0 Å². The predicted octanol–water partition coefficient (Wildman–Crippen LogP) is 3.80. The van der Waals surface area contributed by atoms with E-state index in [0.717, 1.165) is 11.3 Å². The minimum absolute atomic E-state index is 0.110. The van der Waals surface area contributed by atoms with Gasteiger partial charge in [0.15, 0.2) is 5.78 Å². The first kappa shape index (κ1) is 13.5. The number of hydrogen-bond acceptors (Lipinski definition) is 2. The van der Waals surface area contributed by atoms with Crippen LogP contribution in [0.1, 0.15) is 42.4 Å². The lowest BCUT2D eigenvalue weighted by Crippen LogP contribution is -2.11. The molecular weight excluding hydrogens is 234 g/mol. The Hall–Kier alpha value is -1.96. The zero-order chi connectivity index (χ0) is 13.9. The Morgan fingerprint density at radius 1 is 1.05 bits per heavy atom. The second-order valence-corrected chi connectivity index (χ2v) is 5.75. The number of benzene rings is 1. The summed E-state index contributed by atoms with van der Waals surface area (Å²) in [6.45, 7) is 6.49. The van der Waals surface area contributed by atoms with Crippen molar-refractivity contribution in [3.8, 4) is 0 Å². The van der Waals surface area contributed by atoms with E-state index in [-0.39, 0.29) is 11.2 Å². The number of carbonyl (C=O) groups excluding carboxylic acids is 1. The van der Waals surface area contributed by atoms with Crippen LogP contribution in [0.25, 0.3) is 0 Å². The summed E-state index contributed by atoms with van der Waals surface area (Å²) in [7, 11) is 0. The molecule has 2 heteroatoms. The van der Waals surface area contributed by atoms with Crippen LogP contribution in [0.15, 0.2) is 48.7 Å². The summed E-state index contributed by atoms with van der Waals surface area (Å²) >= 11 is 0. The van der Waals surface area contributed by atoms with Crippen molar-refractivity contribution in [1.82, 2.24) is 4.98 Å². The number of Topliss-reactive ketones (excluding diaryl/α,β-unsaturated/α-hetero) is 1. The third kappa shape index (κ3) is 3.50. The van der Waals surface area contributed by atoms with E-state index >= 15 is 0 Å². The summed E-state index contributed by atoms with van der Waals surface area (Å²) in [4.78, 5) is 16.3. The van der Waals surface area contributed by atoms with Crippen molar-refractivity contribution in [3.05, 3.63) is 65.5 Å². The molecule has 0 bridgehead atoms. The van der Waals surface area contributed by atoms with E-state index in [9.17, 15) is 4.79 Å². The van der Waals surface area contributed by atoms with Crippen molar-refractivity contribution in [2.45, 2.75) is 32.6 Å². The van der Waals surface area contributed by atoms with Crippen LogP contribution >= 0.6 is 0 Å². The molecule has 19 heavy (non-hydrogen) atoms. The summed E-state index contributed by atoms with van der Waals surface area (Å²) < 4.78 is 0. The molecule has 1 heterocycles. The molecule has 98 valence electrons. The molecule has 2 aromatic rings. The fourth-order valence-electron chi connectivity index (χ4n) is 1.93. The zero-order valence-electron chi connectivity index (χ0n) is 11.7. The van der Waals surface area contributed by atoms with E-state index in [1.165, 1.54) is 5.56 Å². The van der Waals surface area contributed by atoms with Gasteiger partial charge in [0.25, 0.3) is 0 Å². The average Bonchev–Trinajstić information content (AvgIpc) is 2.39. The first-order chi connectivity index (χ1) is 8.97. The molecule has 0 unspecified atom stereocenters. The van der Waals surface area contributed by atoms with Gasteiger partial charge in [-0.25, -0.2) is 0 Å². The van der Waals surface area contributed by atoms with Gasteiger partial charge in [0, 0.05) is 17.5 Å². The van der Waals surface area contributed by atoms with Gasteiger partial charge in [-0.2, -0.15) is 0 Å². The van der Waals surface area contributed by atoms with Gasteiger partial charge in [0.05, 0.1) is 6.42 Å². The van der Waals surface area contributed by atoms with Crippen molar-refractivity contribution >= 4 is 5.78 Å². The maximum absolute atomic E-state index is 12.1. The molecule has 0 amide bonds. The first-order valence-electron chi connectivity index (χ1n) is 6.50. The molecular formula is C17H19NO. The molecule has 0 atom stereocenters. The second-order valence-electron chi connectivity index (χ2n) is 5.75. The number of ketones is 1. The smallest absolute Gasteiger partial charge is 0.168 e. The van der Waals surface area contributed by atoms with Crippen LogP contribution in [0.5, 0.6) is 0 Å². The van der Waals surface area contributed by atoms with Gasteiger partial charge in [-0.05, 0) is 23.1 Å². The molecule has 0 fully saturated rings. The molecule has 0 aliphatic heterocycles. The predicted molar refractivity (Wildman–Crippen MR) is 77.4 cm³/mol. The van der Waals surface area contributed by atoms with Crippen LogP contribution < -0.4 is 0 Å². The van der Waals surface area contributed by atoms with Gasteiger partial charge in [0.1, 0.15) is 0 Å². The quantitative estimate of drug-likeness (QED) is 0.779. The third-order valence-corrected chi connectivity index (χ3v) is 3.14. The van der Waals surface area contributed by atoms with E-state index in [1.54, 1.807) is 6.20 Å². The summed E-state index contributed by atoms with van der Waals surface area (Å²) in [5.41, 5.74) is 2.91. The fourth-order valence-corrected chi connectivity index (χ4v) is 1.93. The van der Waals surface area contributed by atoms with Crippen molar-refractivity contribution in [1.29, 1.82) is 0 Å². The SMILES string of the molecule is CC(C)(C)c1ccc(C(=O)Cc2ccccn2)cc1. The van der Waals surface area contributed by atoms with E-state index in [0.29, 0.717) is 6.42 Å². The number of carbonyl (C=O) groups is 1. The van der Waals surface area contributed by atoms with Gasteiger partial charge < -0.3 is 0 Å². The Kier molecular flexibility index (Phi) is 3.79. The summed E-state index contributed by atoms with van der Waals surface area (Å²) in [5, 5.41) is 0. The number of nitrogens with zero attached hydrogens (tertiary/aromatic N) is 1. The molecule has 1 aromatic heterocycles. The maximum atomic E-state index is 12.1. The van der Waals surface area contributed by atoms with Crippen molar-refractivity contribution in [2.75, 3.05) is 0 Å². The van der Waals surface area contributed by atoms with E-state index < -0.39 is 0 Å². The fraction of sp³-hybridized carbons (Fsp3) is 0.294. The van der Waals surface area contributed by atoms with Crippen molar-refractivity contribution in [3.63, 3.8) is 0 Å². The Morgan fingerprint density at radius 3 is 2.26 bits per heavy atom. The van der Waals surface area contributed by atoms with Crippen molar-refractivity contribution in [2.24, 2.45) is 0 Å². The average molecular weight is 253 g/mol. The summed E-state index contributed by atoms with van der Waals surface area (Å²) in [6.07, 6.45) is 2.07. The highest BCUT2D eigenvalue weighted by atomic mass is 16.1. The molecule has 0 aliphatic carbocycles. The Bertz CT molecular complexity index is 550. The van der Waals surface area contributed by atoms with Crippen LogP contribution in [-0.4, -0.2) is 10.8 Å². The summed E-state index contributed by atoms with van der Waals surface area (Å²) in [5.74, 6) is 0.110. The lowest BCUT2D eigenvalue weighted by Gasteiger charge is -2.18. The molecule has 0 N–H and O–H groups in total. The topological polar surface area (TPSA) is 30.0 Å². The number of pyridine rings is 1. The minimum Gasteiger partial charge on any atom is -0.294 e. The van der Waals surface area contributed by atoms with Gasteiger partial charge in [-0.15, -0.1) is 0 Å². The summed E-state index contributed by atoms with van der Waals surface area (Å²) in [6, 6.07) is 13.5. The van der Waals surface area contributed by atoms with Gasteiger partial charge in [-0.1, -0.05) is 51.1 Å². The monoisotopic (exact) mass is 253 g/mol. The highest BCUT2D eigenvalue weighted by molar-refractivity contribution is 5.97. The Labute approximate surface area is 114 Å². The van der Waals surface area contributed by atoms with Crippen LogP contribution in [-0.2, 0) is 11.8 Å². The highest BCUT2D eigenvalue weighted by Crippen LogP contribution is 2.22. The number of hydrogen-bond donors (Lipinski definition) is 0. The highest BCUT2D eigenvalue weighted by Gasteiger charge is 2.14. The van der Waals surface area contributed by atoms with Crippen LogP contribution in [0.4, 0.5) is 0 Å². The normalized spacial score (nSPS) is 11.3. The molecule has 1 aromatic carbocycles.